The fourth-order valence-electron chi connectivity index (χ4n) is 1.63. The average molecular weight is 241 g/mol. The summed E-state index contributed by atoms with van der Waals surface area (Å²) in [5, 5.41) is 3.50. The maximum absolute atomic E-state index is 12.9. The van der Waals surface area contributed by atoms with Crippen molar-refractivity contribution in [3.63, 3.8) is 0 Å². The van der Waals surface area contributed by atoms with Crippen LogP contribution in [-0.4, -0.2) is 18.1 Å². The van der Waals surface area contributed by atoms with Gasteiger partial charge in [-0.2, -0.15) is 11.8 Å². The summed E-state index contributed by atoms with van der Waals surface area (Å²) in [4.78, 5) is 0. The van der Waals surface area contributed by atoms with Crippen molar-refractivity contribution in [2.24, 2.45) is 0 Å². The molecule has 0 fully saturated rings. The molecule has 0 aliphatic rings. The second kappa shape index (κ2) is 6.92. The van der Waals surface area contributed by atoms with Gasteiger partial charge in [0, 0.05) is 18.3 Å². The smallest absolute Gasteiger partial charge is 0.123 e. The van der Waals surface area contributed by atoms with E-state index in [-0.39, 0.29) is 5.82 Å². The molecule has 0 spiro atoms. The van der Waals surface area contributed by atoms with E-state index in [1.54, 1.807) is 6.07 Å². The molecule has 1 aromatic carbocycles. The minimum atomic E-state index is -0.155. The van der Waals surface area contributed by atoms with Crippen LogP contribution in [0.5, 0.6) is 0 Å². The van der Waals surface area contributed by atoms with Crippen LogP contribution in [0.1, 0.15) is 24.5 Å². The molecule has 3 heteroatoms. The maximum Gasteiger partial charge on any atom is 0.123 e. The monoisotopic (exact) mass is 241 g/mol. The van der Waals surface area contributed by atoms with Gasteiger partial charge in [-0.05, 0) is 42.9 Å². The molecule has 1 nitrogen and oxygen atoms in total. The van der Waals surface area contributed by atoms with Gasteiger partial charge in [0.05, 0.1) is 0 Å². The van der Waals surface area contributed by atoms with Gasteiger partial charge in [-0.1, -0.05) is 13.0 Å². The summed E-state index contributed by atoms with van der Waals surface area (Å²) in [5.41, 5.74) is 2.20. The lowest BCUT2D eigenvalue weighted by Gasteiger charge is -2.16. The standard InChI is InChI=1S/C13H20FNS/c1-4-13(9-16-3)15-8-11-5-6-12(14)7-10(11)2/h5-7,13,15H,4,8-9H2,1-3H3. The van der Waals surface area contributed by atoms with E-state index in [4.69, 9.17) is 0 Å². The van der Waals surface area contributed by atoms with Gasteiger partial charge in [0.15, 0.2) is 0 Å². The first-order valence-corrected chi connectivity index (χ1v) is 7.04. The largest absolute Gasteiger partial charge is 0.309 e. The van der Waals surface area contributed by atoms with Crippen molar-refractivity contribution in [1.29, 1.82) is 0 Å². The minimum Gasteiger partial charge on any atom is -0.309 e. The molecule has 0 aliphatic heterocycles. The number of hydrogen-bond acceptors (Lipinski definition) is 2. The lowest BCUT2D eigenvalue weighted by atomic mass is 10.1. The van der Waals surface area contributed by atoms with Crippen molar-refractivity contribution < 1.29 is 4.39 Å². The van der Waals surface area contributed by atoms with Crippen molar-refractivity contribution in [3.05, 3.63) is 35.1 Å². The van der Waals surface area contributed by atoms with E-state index in [1.165, 1.54) is 11.6 Å². The summed E-state index contributed by atoms with van der Waals surface area (Å²) in [6, 6.07) is 5.52. The molecular formula is C13H20FNS. The molecule has 0 saturated carbocycles. The zero-order chi connectivity index (χ0) is 12.0. The van der Waals surface area contributed by atoms with Crippen LogP contribution in [0.4, 0.5) is 4.39 Å². The third-order valence-corrected chi connectivity index (χ3v) is 3.48. The normalized spacial score (nSPS) is 12.8. The number of benzene rings is 1. The highest BCUT2D eigenvalue weighted by Crippen LogP contribution is 2.11. The highest BCUT2D eigenvalue weighted by atomic mass is 32.2. The predicted molar refractivity (Wildman–Crippen MR) is 70.4 cm³/mol. The number of rotatable bonds is 6. The van der Waals surface area contributed by atoms with Gasteiger partial charge in [0.1, 0.15) is 5.82 Å². The molecular weight excluding hydrogens is 221 g/mol. The molecule has 1 atom stereocenters. The Hall–Kier alpha value is -0.540. The number of thioether (sulfide) groups is 1. The third kappa shape index (κ3) is 4.14. The molecule has 16 heavy (non-hydrogen) atoms. The van der Waals surface area contributed by atoms with Crippen LogP contribution in [0, 0.1) is 12.7 Å². The Kier molecular flexibility index (Phi) is 5.85. The van der Waals surface area contributed by atoms with Crippen LogP contribution in [0.15, 0.2) is 18.2 Å². The van der Waals surface area contributed by atoms with Crippen LogP contribution in [0.25, 0.3) is 0 Å². The summed E-state index contributed by atoms with van der Waals surface area (Å²) in [5.74, 6) is 0.967. The van der Waals surface area contributed by atoms with Gasteiger partial charge in [0.2, 0.25) is 0 Å². The van der Waals surface area contributed by atoms with Crippen LogP contribution in [-0.2, 0) is 6.54 Å². The highest BCUT2D eigenvalue weighted by molar-refractivity contribution is 7.98. The number of hydrogen-bond donors (Lipinski definition) is 1. The van der Waals surface area contributed by atoms with E-state index in [0.717, 1.165) is 24.3 Å². The first kappa shape index (κ1) is 13.5. The molecule has 1 N–H and O–H groups in total. The second-order valence-corrected chi connectivity index (χ2v) is 4.92. The number of nitrogens with one attached hydrogen (secondary N) is 1. The van der Waals surface area contributed by atoms with Crippen molar-refractivity contribution >= 4 is 11.8 Å². The fraction of sp³-hybridized carbons (Fsp3) is 0.538. The highest BCUT2D eigenvalue weighted by Gasteiger charge is 2.06. The second-order valence-electron chi connectivity index (χ2n) is 4.01. The molecule has 0 aliphatic carbocycles. The predicted octanol–water partition coefficient (Wildman–Crippen LogP) is 3.37. The maximum atomic E-state index is 12.9. The molecule has 90 valence electrons. The molecule has 0 amide bonds. The summed E-state index contributed by atoms with van der Waals surface area (Å²) in [6.07, 6.45) is 3.24. The first-order chi connectivity index (χ1) is 7.67. The Morgan fingerprint density at radius 2 is 2.19 bits per heavy atom. The van der Waals surface area contributed by atoms with Gasteiger partial charge in [-0.25, -0.2) is 4.39 Å². The lowest BCUT2D eigenvalue weighted by Crippen LogP contribution is -2.30. The SMILES string of the molecule is CCC(CSC)NCc1ccc(F)cc1C. The number of halogens is 1. The Morgan fingerprint density at radius 3 is 2.75 bits per heavy atom. The van der Waals surface area contributed by atoms with Crippen LogP contribution in [0.3, 0.4) is 0 Å². The zero-order valence-corrected chi connectivity index (χ0v) is 11.0. The molecule has 1 unspecified atom stereocenters. The Bertz CT molecular complexity index is 328. The molecule has 0 bridgehead atoms. The molecule has 1 aromatic rings. The van der Waals surface area contributed by atoms with Gasteiger partial charge in [0.25, 0.3) is 0 Å². The zero-order valence-electron chi connectivity index (χ0n) is 10.2. The van der Waals surface area contributed by atoms with Crippen LogP contribution >= 0.6 is 11.8 Å². The van der Waals surface area contributed by atoms with E-state index >= 15 is 0 Å². The molecule has 0 aromatic heterocycles. The fourth-order valence-corrected chi connectivity index (χ4v) is 2.39. The average Bonchev–Trinajstić information content (AvgIpc) is 2.26. The van der Waals surface area contributed by atoms with Crippen molar-refractivity contribution in [2.75, 3.05) is 12.0 Å². The quantitative estimate of drug-likeness (QED) is 0.819. The first-order valence-electron chi connectivity index (χ1n) is 5.64. The number of aryl methyl sites for hydroxylation is 1. The summed E-state index contributed by atoms with van der Waals surface area (Å²) in [6.45, 7) is 4.96. The summed E-state index contributed by atoms with van der Waals surface area (Å²) < 4.78 is 12.9. The van der Waals surface area contributed by atoms with Gasteiger partial charge < -0.3 is 5.32 Å². The van der Waals surface area contributed by atoms with E-state index in [1.807, 2.05) is 24.8 Å². The molecule has 0 radical (unpaired) electrons. The Balaban J connectivity index is 2.53. The van der Waals surface area contributed by atoms with Crippen LogP contribution in [0.2, 0.25) is 0 Å². The lowest BCUT2D eigenvalue weighted by molar-refractivity contribution is 0.539. The van der Waals surface area contributed by atoms with Gasteiger partial charge in [-0.15, -0.1) is 0 Å². The molecule has 1 rings (SSSR count). The Morgan fingerprint density at radius 1 is 1.44 bits per heavy atom. The molecule has 0 heterocycles. The van der Waals surface area contributed by atoms with E-state index in [9.17, 15) is 4.39 Å². The summed E-state index contributed by atoms with van der Waals surface area (Å²) >= 11 is 1.85. The van der Waals surface area contributed by atoms with E-state index < -0.39 is 0 Å². The third-order valence-electron chi connectivity index (χ3n) is 2.75. The van der Waals surface area contributed by atoms with Crippen LogP contribution < -0.4 is 5.32 Å². The van der Waals surface area contributed by atoms with Crippen molar-refractivity contribution in [3.8, 4) is 0 Å². The van der Waals surface area contributed by atoms with E-state index in [2.05, 4.69) is 18.5 Å². The summed E-state index contributed by atoms with van der Waals surface area (Å²) in [7, 11) is 0. The van der Waals surface area contributed by atoms with E-state index in [0.29, 0.717) is 6.04 Å². The topological polar surface area (TPSA) is 12.0 Å². The minimum absolute atomic E-state index is 0.155. The Labute approximate surface area is 102 Å². The molecule has 0 saturated heterocycles. The van der Waals surface area contributed by atoms with Crippen molar-refractivity contribution in [1.82, 2.24) is 5.32 Å². The van der Waals surface area contributed by atoms with Crippen molar-refractivity contribution in [2.45, 2.75) is 32.9 Å². The van der Waals surface area contributed by atoms with Gasteiger partial charge in [-0.3, -0.25) is 0 Å². The van der Waals surface area contributed by atoms with Gasteiger partial charge >= 0.3 is 0 Å².